The van der Waals surface area contributed by atoms with Crippen LogP contribution in [0.1, 0.15) is 46.6 Å². The van der Waals surface area contributed by atoms with Crippen LogP contribution < -0.4 is 20.3 Å². The van der Waals surface area contributed by atoms with Crippen LogP contribution in [0.5, 0.6) is 11.5 Å². The Labute approximate surface area is 152 Å². The number of benzene rings is 1. The summed E-state index contributed by atoms with van der Waals surface area (Å²) in [6.45, 7) is 6.74. The molecular formula is C20H24N2O4. The number of carbonyl (C=O) groups is 1. The molecular weight excluding hydrogens is 332 g/mol. The molecule has 1 aliphatic heterocycles. The van der Waals surface area contributed by atoms with Gasteiger partial charge in [0.25, 0.3) is 11.5 Å². The summed E-state index contributed by atoms with van der Waals surface area (Å²) in [5, 5.41) is 2.91. The van der Waals surface area contributed by atoms with E-state index in [1.165, 1.54) is 4.57 Å². The molecule has 0 unspecified atom stereocenters. The quantitative estimate of drug-likeness (QED) is 0.918. The van der Waals surface area contributed by atoms with Gasteiger partial charge in [0.05, 0.1) is 19.3 Å². The minimum atomic E-state index is -0.372. The third-order valence-corrected chi connectivity index (χ3v) is 4.71. The molecule has 0 saturated carbocycles. The Hall–Kier alpha value is -2.76. The number of carbonyl (C=O) groups excluding carboxylic acids is 1. The predicted molar refractivity (Wildman–Crippen MR) is 99.1 cm³/mol. The summed E-state index contributed by atoms with van der Waals surface area (Å²) in [6.07, 6.45) is 0.840. The summed E-state index contributed by atoms with van der Waals surface area (Å²) in [4.78, 5) is 25.2. The topological polar surface area (TPSA) is 69.6 Å². The molecule has 1 atom stereocenters. The highest BCUT2D eigenvalue weighted by Gasteiger charge is 2.20. The van der Waals surface area contributed by atoms with Crippen molar-refractivity contribution in [3.05, 3.63) is 57.0 Å². The Kier molecular flexibility index (Phi) is 5.02. The van der Waals surface area contributed by atoms with Crippen molar-refractivity contribution in [2.45, 2.75) is 33.2 Å². The maximum absolute atomic E-state index is 12.7. The van der Waals surface area contributed by atoms with Crippen LogP contribution in [0.15, 0.2) is 29.1 Å². The highest BCUT2D eigenvalue weighted by molar-refractivity contribution is 5.95. The number of nitrogens with one attached hydrogen (secondary N) is 1. The van der Waals surface area contributed by atoms with Crippen molar-refractivity contribution in [1.29, 1.82) is 0 Å². The normalized spacial score (nSPS) is 14.5. The number of ether oxygens (including phenoxy) is 2. The Morgan fingerprint density at radius 2 is 1.85 bits per heavy atom. The lowest BCUT2D eigenvalue weighted by atomic mass is 10.1. The lowest BCUT2D eigenvalue weighted by Gasteiger charge is -2.17. The zero-order chi connectivity index (χ0) is 18.8. The summed E-state index contributed by atoms with van der Waals surface area (Å²) in [6, 6.07) is 7.21. The summed E-state index contributed by atoms with van der Waals surface area (Å²) >= 11 is 0. The number of fused-ring (bicyclic) bond motifs is 1. The van der Waals surface area contributed by atoms with Crippen LogP contribution in [0.4, 0.5) is 0 Å². The molecule has 1 aromatic heterocycles. The molecule has 6 heteroatoms. The van der Waals surface area contributed by atoms with Gasteiger partial charge in [-0.15, -0.1) is 0 Å². The van der Waals surface area contributed by atoms with Crippen LogP contribution in [0.3, 0.4) is 0 Å². The van der Waals surface area contributed by atoms with Crippen LogP contribution in [0.25, 0.3) is 0 Å². The number of rotatable bonds is 3. The second-order valence-corrected chi connectivity index (χ2v) is 6.66. The number of amides is 1. The van der Waals surface area contributed by atoms with Crippen molar-refractivity contribution >= 4 is 5.91 Å². The molecule has 138 valence electrons. The zero-order valence-electron chi connectivity index (χ0n) is 15.6. The first-order valence-corrected chi connectivity index (χ1v) is 8.76. The minimum absolute atomic E-state index is 0.180. The van der Waals surface area contributed by atoms with E-state index >= 15 is 0 Å². The zero-order valence-corrected chi connectivity index (χ0v) is 15.6. The Bertz CT molecular complexity index is 901. The Balaban J connectivity index is 1.83. The molecule has 2 heterocycles. The summed E-state index contributed by atoms with van der Waals surface area (Å²) in [5.41, 5.74) is 2.28. The van der Waals surface area contributed by atoms with Gasteiger partial charge in [0.2, 0.25) is 0 Å². The molecule has 26 heavy (non-hydrogen) atoms. The van der Waals surface area contributed by atoms with Crippen molar-refractivity contribution in [1.82, 2.24) is 9.88 Å². The van der Waals surface area contributed by atoms with Crippen molar-refractivity contribution in [2.24, 2.45) is 7.05 Å². The van der Waals surface area contributed by atoms with Crippen molar-refractivity contribution in [3.8, 4) is 11.5 Å². The first-order chi connectivity index (χ1) is 12.4. The smallest absolute Gasteiger partial charge is 0.263 e. The molecule has 0 fully saturated rings. The second-order valence-electron chi connectivity index (χ2n) is 6.66. The molecule has 0 spiro atoms. The fourth-order valence-electron chi connectivity index (χ4n) is 3.06. The monoisotopic (exact) mass is 356 g/mol. The fraction of sp³-hybridized carbons (Fsp3) is 0.400. The lowest BCUT2D eigenvalue weighted by Crippen LogP contribution is -2.35. The van der Waals surface area contributed by atoms with Gasteiger partial charge >= 0.3 is 0 Å². The van der Waals surface area contributed by atoms with E-state index in [0.717, 1.165) is 17.7 Å². The van der Waals surface area contributed by atoms with Crippen LogP contribution in [-0.4, -0.2) is 23.7 Å². The Morgan fingerprint density at radius 3 is 2.58 bits per heavy atom. The molecule has 0 aliphatic carbocycles. The fourth-order valence-corrected chi connectivity index (χ4v) is 3.06. The van der Waals surface area contributed by atoms with Gasteiger partial charge in [0.15, 0.2) is 11.5 Å². The Morgan fingerprint density at radius 1 is 1.15 bits per heavy atom. The van der Waals surface area contributed by atoms with Gasteiger partial charge in [-0.3, -0.25) is 9.59 Å². The molecule has 0 radical (unpaired) electrons. The van der Waals surface area contributed by atoms with Crippen LogP contribution in [-0.2, 0) is 7.05 Å². The number of hydrogen-bond acceptors (Lipinski definition) is 4. The van der Waals surface area contributed by atoms with Gasteiger partial charge < -0.3 is 19.4 Å². The SMILES string of the molecule is Cc1cc(C)n(C)c(=O)c1C(=O)N[C@@H](C)c1ccc2c(c1)OCCCO2. The summed E-state index contributed by atoms with van der Waals surface area (Å²) in [5.74, 6) is 1.03. The van der Waals surface area contributed by atoms with Gasteiger partial charge in [-0.25, -0.2) is 0 Å². The minimum Gasteiger partial charge on any atom is -0.490 e. The van der Waals surface area contributed by atoms with E-state index < -0.39 is 0 Å². The molecule has 0 saturated heterocycles. The molecule has 6 nitrogen and oxygen atoms in total. The average Bonchev–Trinajstić information content (AvgIpc) is 2.84. The number of hydrogen-bond donors (Lipinski definition) is 1. The molecule has 3 rings (SSSR count). The van der Waals surface area contributed by atoms with E-state index in [9.17, 15) is 9.59 Å². The number of nitrogens with zero attached hydrogens (tertiary/aromatic N) is 1. The molecule has 2 aromatic rings. The molecule has 1 aromatic carbocycles. The summed E-state index contributed by atoms with van der Waals surface area (Å²) in [7, 11) is 1.67. The molecule has 0 bridgehead atoms. The van der Waals surface area contributed by atoms with Crippen molar-refractivity contribution < 1.29 is 14.3 Å². The van der Waals surface area contributed by atoms with Gasteiger partial charge in [-0.2, -0.15) is 0 Å². The molecule has 1 amide bonds. The number of aryl methyl sites for hydroxylation is 2. The first-order valence-electron chi connectivity index (χ1n) is 8.76. The van der Waals surface area contributed by atoms with Gasteiger partial charge in [0, 0.05) is 19.2 Å². The predicted octanol–water partition coefficient (Wildman–Crippen LogP) is 2.65. The van der Waals surface area contributed by atoms with E-state index in [-0.39, 0.29) is 23.1 Å². The van der Waals surface area contributed by atoms with Crippen LogP contribution in [0.2, 0.25) is 0 Å². The largest absolute Gasteiger partial charge is 0.490 e. The summed E-state index contributed by atoms with van der Waals surface area (Å²) < 4.78 is 12.8. The van der Waals surface area contributed by atoms with E-state index in [0.29, 0.717) is 30.3 Å². The van der Waals surface area contributed by atoms with E-state index in [1.807, 2.05) is 38.1 Å². The van der Waals surface area contributed by atoms with E-state index in [4.69, 9.17) is 9.47 Å². The van der Waals surface area contributed by atoms with Gasteiger partial charge in [-0.05, 0) is 50.1 Å². The van der Waals surface area contributed by atoms with E-state index in [2.05, 4.69) is 5.32 Å². The highest BCUT2D eigenvalue weighted by atomic mass is 16.5. The third kappa shape index (κ3) is 3.45. The second kappa shape index (κ2) is 7.23. The average molecular weight is 356 g/mol. The first kappa shape index (κ1) is 18.0. The number of aromatic nitrogens is 1. The van der Waals surface area contributed by atoms with Crippen LogP contribution in [0, 0.1) is 13.8 Å². The highest BCUT2D eigenvalue weighted by Crippen LogP contribution is 2.32. The third-order valence-electron chi connectivity index (χ3n) is 4.71. The maximum atomic E-state index is 12.7. The van der Waals surface area contributed by atoms with Crippen molar-refractivity contribution in [2.75, 3.05) is 13.2 Å². The van der Waals surface area contributed by atoms with E-state index in [1.54, 1.807) is 14.0 Å². The van der Waals surface area contributed by atoms with Crippen molar-refractivity contribution in [3.63, 3.8) is 0 Å². The van der Waals surface area contributed by atoms with Gasteiger partial charge in [-0.1, -0.05) is 6.07 Å². The molecule has 1 aliphatic rings. The van der Waals surface area contributed by atoms with Gasteiger partial charge in [0.1, 0.15) is 5.56 Å². The standard InChI is InChI=1S/C20H24N2O4/c1-12-10-13(2)22(4)20(24)18(12)19(23)21-14(3)15-6-7-16-17(11-15)26-9-5-8-25-16/h6-7,10-11,14H,5,8-9H2,1-4H3,(H,21,23)/t14-/m0/s1. The molecule has 1 N–H and O–H groups in total. The maximum Gasteiger partial charge on any atom is 0.263 e. The van der Waals surface area contributed by atoms with Crippen LogP contribution >= 0.6 is 0 Å². The lowest BCUT2D eigenvalue weighted by molar-refractivity contribution is 0.0937. The number of pyridine rings is 1.